The molecule has 1 fully saturated rings. The normalized spacial score (nSPS) is 14.2. The molecule has 0 bridgehead atoms. The molecule has 1 saturated heterocycles. The lowest BCUT2D eigenvalue weighted by atomic mass is 10.1. The molecule has 0 radical (unpaired) electrons. The van der Waals surface area contributed by atoms with Crippen LogP contribution in [0.5, 0.6) is 0 Å². The van der Waals surface area contributed by atoms with Crippen molar-refractivity contribution in [3.8, 4) is 0 Å². The summed E-state index contributed by atoms with van der Waals surface area (Å²) in [6.45, 7) is 0.688. The Bertz CT molecular complexity index is 867. The topological polar surface area (TPSA) is 92.6 Å². The van der Waals surface area contributed by atoms with Gasteiger partial charge in [-0.05, 0) is 43.2 Å². The van der Waals surface area contributed by atoms with Crippen LogP contribution in [0.4, 0.5) is 17.1 Å². The number of rotatable bonds is 4. The third-order valence-electron chi connectivity index (χ3n) is 4.17. The number of nitro groups is 1. The lowest BCUT2D eigenvalue weighted by molar-refractivity contribution is -0.384. The van der Waals surface area contributed by atoms with Crippen LogP contribution < -0.4 is 10.2 Å². The number of benzene rings is 2. The summed E-state index contributed by atoms with van der Waals surface area (Å²) < 4.78 is 0. The molecule has 134 valence electrons. The number of amides is 2. The summed E-state index contributed by atoms with van der Waals surface area (Å²) in [6.07, 6.45) is 2.42. The molecular weight excluding hydrogens is 358 g/mol. The summed E-state index contributed by atoms with van der Waals surface area (Å²) in [7, 11) is 0. The van der Waals surface area contributed by atoms with E-state index in [0.29, 0.717) is 18.7 Å². The van der Waals surface area contributed by atoms with Crippen LogP contribution >= 0.6 is 11.6 Å². The smallest absolute Gasteiger partial charge is 0.270 e. The van der Waals surface area contributed by atoms with E-state index in [1.807, 2.05) is 0 Å². The van der Waals surface area contributed by atoms with Gasteiger partial charge < -0.3 is 10.2 Å². The van der Waals surface area contributed by atoms with E-state index in [2.05, 4.69) is 5.32 Å². The highest BCUT2D eigenvalue weighted by atomic mass is 35.5. The number of hydrogen-bond acceptors (Lipinski definition) is 4. The van der Waals surface area contributed by atoms with Crippen LogP contribution in [0.25, 0.3) is 0 Å². The third kappa shape index (κ3) is 3.83. The highest BCUT2D eigenvalue weighted by Crippen LogP contribution is 2.25. The van der Waals surface area contributed by atoms with Gasteiger partial charge in [-0.15, -0.1) is 0 Å². The van der Waals surface area contributed by atoms with Gasteiger partial charge in [0.15, 0.2) is 0 Å². The van der Waals surface area contributed by atoms with Gasteiger partial charge in [0, 0.05) is 36.5 Å². The van der Waals surface area contributed by atoms with Crippen molar-refractivity contribution in [2.45, 2.75) is 19.3 Å². The standard InChI is InChI=1S/C18H16ClN3O4/c19-16-9-8-14(22(25)26)11-15(16)18(24)20-12-4-6-13(7-5-12)21-10-2-1-3-17(21)23/h4-9,11H,1-3,10H2,(H,20,24). The molecule has 1 N–H and O–H groups in total. The molecule has 2 aromatic rings. The van der Waals surface area contributed by atoms with Gasteiger partial charge in [0.05, 0.1) is 15.5 Å². The van der Waals surface area contributed by atoms with Crippen LogP contribution in [0, 0.1) is 10.1 Å². The van der Waals surface area contributed by atoms with E-state index in [-0.39, 0.29) is 22.2 Å². The van der Waals surface area contributed by atoms with E-state index < -0.39 is 10.8 Å². The van der Waals surface area contributed by atoms with Crippen LogP contribution in [-0.4, -0.2) is 23.3 Å². The monoisotopic (exact) mass is 373 g/mol. The van der Waals surface area contributed by atoms with Gasteiger partial charge >= 0.3 is 0 Å². The maximum atomic E-state index is 12.4. The van der Waals surface area contributed by atoms with Crippen LogP contribution in [0.2, 0.25) is 5.02 Å². The largest absolute Gasteiger partial charge is 0.322 e. The van der Waals surface area contributed by atoms with Gasteiger partial charge in [-0.2, -0.15) is 0 Å². The molecule has 0 spiro atoms. The number of carbonyl (C=O) groups is 2. The Kier molecular flexibility index (Phi) is 5.18. The fourth-order valence-electron chi connectivity index (χ4n) is 2.80. The zero-order chi connectivity index (χ0) is 18.7. The Balaban J connectivity index is 1.75. The van der Waals surface area contributed by atoms with E-state index in [9.17, 15) is 19.7 Å². The molecular formula is C18H16ClN3O4. The molecule has 2 amide bonds. The number of carbonyl (C=O) groups excluding carboxylic acids is 2. The fourth-order valence-corrected chi connectivity index (χ4v) is 3.01. The van der Waals surface area contributed by atoms with E-state index in [1.54, 1.807) is 29.2 Å². The molecule has 1 aliphatic heterocycles. The maximum absolute atomic E-state index is 12.4. The Morgan fingerprint density at radius 1 is 1.15 bits per heavy atom. The lowest BCUT2D eigenvalue weighted by Gasteiger charge is -2.26. The average Bonchev–Trinajstić information content (AvgIpc) is 2.63. The van der Waals surface area contributed by atoms with E-state index in [0.717, 1.165) is 24.6 Å². The molecule has 0 aromatic heterocycles. The second kappa shape index (κ2) is 7.53. The minimum absolute atomic E-state index is 0.0242. The molecule has 1 heterocycles. The molecule has 3 rings (SSSR count). The number of piperidine rings is 1. The van der Waals surface area contributed by atoms with Crippen LogP contribution in [0.1, 0.15) is 29.6 Å². The van der Waals surface area contributed by atoms with E-state index >= 15 is 0 Å². The van der Waals surface area contributed by atoms with Crippen molar-refractivity contribution in [2.75, 3.05) is 16.8 Å². The molecule has 1 aliphatic rings. The summed E-state index contributed by atoms with van der Waals surface area (Å²) in [6, 6.07) is 10.6. The number of nitrogens with zero attached hydrogens (tertiary/aromatic N) is 2. The SMILES string of the molecule is O=C(Nc1ccc(N2CCCCC2=O)cc1)c1cc([N+](=O)[O-])ccc1Cl. The average molecular weight is 374 g/mol. The Morgan fingerprint density at radius 3 is 2.54 bits per heavy atom. The van der Waals surface area contributed by atoms with Gasteiger partial charge in [-0.1, -0.05) is 11.6 Å². The minimum atomic E-state index is -0.586. The van der Waals surface area contributed by atoms with Crippen molar-refractivity contribution in [2.24, 2.45) is 0 Å². The van der Waals surface area contributed by atoms with E-state index in [1.165, 1.54) is 12.1 Å². The Morgan fingerprint density at radius 2 is 1.88 bits per heavy atom. The molecule has 0 aliphatic carbocycles. The number of nitro benzene ring substituents is 1. The molecule has 8 heteroatoms. The molecule has 7 nitrogen and oxygen atoms in total. The van der Waals surface area contributed by atoms with Crippen LogP contribution in [-0.2, 0) is 4.79 Å². The summed E-state index contributed by atoms with van der Waals surface area (Å²) in [5.74, 6) is -0.447. The van der Waals surface area contributed by atoms with Crippen molar-refractivity contribution in [3.05, 3.63) is 63.2 Å². The first kappa shape index (κ1) is 17.9. The summed E-state index contributed by atoms with van der Waals surface area (Å²) in [5.41, 5.74) is 1.10. The fraction of sp³-hybridized carbons (Fsp3) is 0.222. The van der Waals surface area contributed by atoms with Crippen molar-refractivity contribution < 1.29 is 14.5 Å². The van der Waals surface area contributed by atoms with Gasteiger partial charge in [0.1, 0.15) is 0 Å². The van der Waals surface area contributed by atoms with Crippen molar-refractivity contribution >= 4 is 40.5 Å². The van der Waals surface area contributed by atoms with Gasteiger partial charge in [0.25, 0.3) is 11.6 Å². The second-order valence-corrected chi connectivity index (χ2v) is 6.33. The number of anilines is 2. The second-order valence-electron chi connectivity index (χ2n) is 5.92. The first-order valence-corrected chi connectivity index (χ1v) is 8.49. The number of nitrogens with one attached hydrogen (secondary N) is 1. The number of hydrogen-bond donors (Lipinski definition) is 1. The van der Waals surface area contributed by atoms with Crippen LogP contribution in [0.3, 0.4) is 0 Å². The zero-order valence-electron chi connectivity index (χ0n) is 13.8. The number of halogens is 1. The zero-order valence-corrected chi connectivity index (χ0v) is 14.5. The summed E-state index contributed by atoms with van der Waals surface area (Å²) in [4.78, 5) is 36.3. The first-order chi connectivity index (χ1) is 12.5. The highest BCUT2D eigenvalue weighted by molar-refractivity contribution is 6.34. The Hall–Kier alpha value is -2.93. The predicted molar refractivity (Wildman–Crippen MR) is 98.7 cm³/mol. The predicted octanol–water partition coefficient (Wildman–Crippen LogP) is 4.02. The maximum Gasteiger partial charge on any atom is 0.270 e. The third-order valence-corrected chi connectivity index (χ3v) is 4.50. The van der Waals surface area contributed by atoms with E-state index in [4.69, 9.17) is 11.6 Å². The van der Waals surface area contributed by atoms with Gasteiger partial charge in [0.2, 0.25) is 5.91 Å². The summed E-state index contributed by atoms with van der Waals surface area (Å²) >= 11 is 5.98. The quantitative estimate of drug-likeness (QED) is 0.647. The van der Waals surface area contributed by atoms with Crippen molar-refractivity contribution in [1.82, 2.24) is 0 Å². The molecule has 0 unspecified atom stereocenters. The number of non-ortho nitro benzene ring substituents is 1. The lowest BCUT2D eigenvalue weighted by Crippen LogP contribution is -2.35. The minimum Gasteiger partial charge on any atom is -0.322 e. The van der Waals surface area contributed by atoms with Gasteiger partial charge in [-0.3, -0.25) is 19.7 Å². The Labute approximate surface area is 154 Å². The van der Waals surface area contributed by atoms with Crippen molar-refractivity contribution in [3.63, 3.8) is 0 Å². The van der Waals surface area contributed by atoms with Crippen molar-refractivity contribution in [1.29, 1.82) is 0 Å². The first-order valence-electron chi connectivity index (χ1n) is 8.11. The van der Waals surface area contributed by atoms with Gasteiger partial charge in [-0.25, -0.2) is 0 Å². The molecule has 0 atom stereocenters. The molecule has 0 saturated carbocycles. The molecule has 26 heavy (non-hydrogen) atoms. The molecule has 2 aromatic carbocycles. The van der Waals surface area contributed by atoms with Crippen LogP contribution in [0.15, 0.2) is 42.5 Å². The highest BCUT2D eigenvalue weighted by Gasteiger charge is 2.20. The summed E-state index contributed by atoms with van der Waals surface area (Å²) in [5, 5.41) is 13.6.